The molecule has 1 rings (SSSR count). The molecule has 1 aromatic rings. The van der Waals surface area contributed by atoms with Crippen molar-refractivity contribution in [2.24, 2.45) is 0 Å². The van der Waals surface area contributed by atoms with Crippen LogP contribution in [0.5, 0.6) is 0 Å². The van der Waals surface area contributed by atoms with Crippen LogP contribution in [0.15, 0.2) is 18.2 Å². The summed E-state index contributed by atoms with van der Waals surface area (Å²) in [4.78, 5) is 23.0. The minimum absolute atomic E-state index is 0.00593. The third kappa shape index (κ3) is 3.17. The quantitative estimate of drug-likeness (QED) is 0.365. The Morgan fingerprint density at radius 2 is 1.95 bits per heavy atom. The molecule has 0 fully saturated rings. The van der Waals surface area contributed by atoms with Gasteiger partial charge in [-0.15, -0.1) is 0 Å². The van der Waals surface area contributed by atoms with Crippen LogP contribution in [0, 0.1) is 32.8 Å². The summed E-state index contributed by atoms with van der Waals surface area (Å²) in [7, 11) is 0. The number of anilines is 1. The fourth-order valence-electron chi connectivity index (χ4n) is 1.39. The minimum atomic E-state index is -0.703. The third-order valence-electron chi connectivity index (χ3n) is 2.28. The van der Waals surface area contributed by atoms with Crippen molar-refractivity contribution >= 4 is 17.3 Å². The van der Waals surface area contributed by atoms with Crippen LogP contribution in [0.25, 0.3) is 0 Å². The van der Waals surface area contributed by atoms with Crippen molar-refractivity contribution in [1.29, 1.82) is 10.5 Å². The summed E-state index contributed by atoms with van der Waals surface area (Å²) < 4.78 is 0. The van der Waals surface area contributed by atoms with E-state index < -0.39 is 10.8 Å². The lowest BCUT2D eigenvalue weighted by Crippen LogP contribution is -2.31. The monoisotopic (exact) mass is 259 g/mol. The van der Waals surface area contributed by atoms with Gasteiger partial charge in [-0.2, -0.15) is 10.5 Å². The summed E-state index contributed by atoms with van der Waals surface area (Å²) in [6, 6.07) is 7.07. The Morgan fingerprint density at radius 3 is 2.42 bits per heavy atom. The molecule has 8 heteroatoms. The maximum absolute atomic E-state index is 12.0. The number of amides is 1. The van der Waals surface area contributed by atoms with Crippen LogP contribution in [0.1, 0.15) is 10.4 Å². The Kier molecular flexibility index (Phi) is 4.39. The van der Waals surface area contributed by atoms with E-state index in [1.165, 1.54) is 12.1 Å². The van der Waals surface area contributed by atoms with E-state index in [0.29, 0.717) is 0 Å². The second-order valence-electron chi connectivity index (χ2n) is 3.51. The number of carbonyl (C=O) groups excluding carboxylic acids is 1. The predicted octanol–water partition coefficient (Wildman–Crippen LogP) is 0.666. The van der Waals surface area contributed by atoms with Gasteiger partial charge in [-0.25, -0.2) is 0 Å². The summed E-state index contributed by atoms with van der Waals surface area (Å²) in [6.45, 7) is -0.546. The molecule has 0 spiro atoms. The van der Waals surface area contributed by atoms with Crippen molar-refractivity contribution in [3.63, 3.8) is 0 Å². The highest BCUT2D eigenvalue weighted by atomic mass is 16.6. The maximum atomic E-state index is 12.0. The zero-order chi connectivity index (χ0) is 14.4. The summed E-state index contributed by atoms with van der Waals surface area (Å²) in [5.41, 5.74) is 4.97. The molecule has 0 heterocycles. The number of benzene rings is 1. The zero-order valence-corrected chi connectivity index (χ0v) is 9.74. The van der Waals surface area contributed by atoms with E-state index in [4.69, 9.17) is 16.3 Å². The Hall–Kier alpha value is -3.13. The highest BCUT2D eigenvalue weighted by Crippen LogP contribution is 2.23. The number of rotatable bonds is 4. The summed E-state index contributed by atoms with van der Waals surface area (Å²) in [6.07, 6.45) is 0. The molecular formula is C11H9N5O3. The van der Waals surface area contributed by atoms with Crippen LogP contribution in [-0.2, 0) is 0 Å². The Bertz CT molecular complexity index is 583. The first kappa shape index (κ1) is 13.9. The average Bonchev–Trinajstić information content (AvgIpc) is 2.38. The first-order valence-electron chi connectivity index (χ1n) is 5.08. The fourth-order valence-corrected chi connectivity index (χ4v) is 1.39. The number of nitro benzene ring substituents is 1. The molecule has 0 unspecified atom stereocenters. The Morgan fingerprint density at radius 1 is 1.37 bits per heavy atom. The number of hydrogen-bond acceptors (Lipinski definition) is 6. The van der Waals surface area contributed by atoms with Crippen LogP contribution < -0.4 is 5.73 Å². The van der Waals surface area contributed by atoms with Crippen molar-refractivity contribution in [2.75, 3.05) is 18.8 Å². The molecule has 0 bridgehead atoms. The molecule has 0 saturated carbocycles. The molecule has 0 radical (unpaired) electrons. The van der Waals surface area contributed by atoms with E-state index in [0.717, 1.165) is 11.0 Å². The molecule has 2 N–H and O–H groups in total. The van der Waals surface area contributed by atoms with E-state index >= 15 is 0 Å². The Balaban J connectivity index is 3.12. The molecule has 8 nitrogen and oxygen atoms in total. The lowest BCUT2D eigenvalue weighted by Gasteiger charge is -2.15. The molecule has 1 aromatic carbocycles. The molecule has 0 aromatic heterocycles. The molecule has 96 valence electrons. The van der Waals surface area contributed by atoms with Crippen LogP contribution in [0.4, 0.5) is 11.4 Å². The lowest BCUT2D eigenvalue weighted by atomic mass is 10.1. The topological polar surface area (TPSA) is 137 Å². The van der Waals surface area contributed by atoms with Gasteiger partial charge >= 0.3 is 0 Å². The summed E-state index contributed by atoms with van der Waals surface area (Å²) in [5.74, 6) is -0.633. The fraction of sp³-hybridized carbons (Fsp3) is 0.182. The van der Waals surface area contributed by atoms with Crippen molar-refractivity contribution in [3.05, 3.63) is 33.9 Å². The van der Waals surface area contributed by atoms with Crippen LogP contribution in [0.2, 0.25) is 0 Å². The van der Waals surface area contributed by atoms with Crippen LogP contribution in [0.3, 0.4) is 0 Å². The molecular weight excluding hydrogens is 250 g/mol. The van der Waals surface area contributed by atoms with Crippen molar-refractivity contribution < 1.29 is 9.72 Å². The van der Waals surface area contributed by atoms with Gasteiger partial charge in [0.2, 0.25) is 0 Å². The highest BCUT2D eigenvalue weighted by molar-refractivity contribution is 5.95. The van der Waals surface area contributed by atoms with Gasteiger partial charge in [0.15, 0.2) is 0 Å². The highest BCUT2D eigenvalue weighted by Gasteiger charge is 2.19. The van der Waals surface area contributed by atoms with E-state index in [9.17, 15) is 14.9 Å². The number of nitrogen functional groups attached to an aromatic ring is 1. The smallest absolute Gasteiger partial charge is 0.292 e. The number of hydrogen-bond donors (Lipinski definition) is 1. The predicted molar refractivity (Wildman–Crippen MR) is 64.6 cm³/mol. The summed E-state index contributed by atoms with van der Waals surface area (Å²) >= 11 is 0. The Labute approximate surface area is 108 Å². The van der Waals surface area contributed by atoms with Crippen LogP contribution in [-0.4, -0.2) is 28.8 Å². The largest absolute Gasteiger partial charge is 0.393 e. The lowest BCUT2D eigenvalue weighted by molar-refractivity contribution is -0.383. The average molecular weight is 259 g/mol. The van der Waals surface area contributed by atoms with Gasteiger partial charge < -0.3 is 10.6 Å². The van der Waals surface area contributed by atoms with Gasteiger partial charge in [-0.1, -0.05) is 0 Å². The minimum Gasteiger partial charge on any atom is -0.393 e. The molecule has 1 amide bonds. The molecule has 0 atom stereocenters. The number of nitriles is 2. The van der Waals surface area contributed by atoms with Gasteiger partial charge in [-0.05, 0) is 12.1 Å². The van der Waals surface area contributed by atoms with E-state index in [1.54, 1.807) is 12.1 Å². The van der Waals surface area contributed by atoms with Gasteiger partial charge in [0.05, 0.1) is 17.1 Å². The maximum Gasteiger partial charge on any atom is 0.292 e. The number of nitrogens with zero attached hydrogens (tertiary/aromatic N) is 4. The van der Waals surface area contributed by atoms with E-state index in [2.05, 4.69) is 0 Å². The zero-order valence-electron chi connectivity index (χ0n) is 9.74. The van der Waals surface area contributed by atoms with Gasteiger partial charge in [0.25, 0.3) is 11.6 Å². The first-order valence-corrected chi connectivity index (χ1v) is 5.08. The summed E-state index contributed by atoms with van der Waals surface area (Å²) in [5, 5.41) is 27.8. The number of nitrogens with two attached hydrogens (primary N) is 1. The third-order valence-corrected chi connectivity index (χ3v) is 2.28. The number of carbonyl (C=O) groups is 1. The van der Waals surface area contributed by atoms with Gasteiger partial charge in [0, 0.05) is 11.6 Å². The van der Waals surface area contributed by atoms with Crippen molar-refractivity contribution in [2.45, 2.75) is 0 Å². The molecule has 19 heavy (non-hydrogen) atoms. The SMILES string of the molecule is N#CCN(CC#N)C(=O)c1ccc(N)c([N+](=O)[O-])c1. The van der Waals surface area contributed by atoms with E-state index in [-0.39, 0.29) is 30.0 Å². The van der Waals surface area contributed by atoms with E-state index in [1.807, 2.05) is 0 Å². The number of nitro groups is 1. The molecule has 0 aliphatic heterocycles. The second kappa shape index (κ2) is 5.98. The molecule has 0 aliphatic rings. The normalized spacial score (nSPS) is 9.16. The molecule has 0 aliphatic carbocycles. The van der Waals surface area contributed by atoms with Gasteiger partial charge in [0.1, 0.15) is 18.8 Å². The van der Waals surface area contributed by atoms with Crippen LogP contribution >= 0.6 is 0 Å². The van der Waals surface area contributed by atoms with Crippen molar-refractivity contribution in [1.82, 2.24) is 4.90 Å². The van der Waals surface area contributed by atoms with Crippen molar-refractivity contribution in [3.8, 4) is 12.1 Å². The standard InChI is InChI=1S/C11H9N5O3/c12-3-5-15(6-4-13)11(17)8-1-2-9(14)10(7-8)16(18)19/h1-2,7H,5-6,14H2. The first-order chi connectivity index (χ1) is 9.01. The second-order valence-corrected chi connectivity index (χ2v) is 3.51. The molecule has 0 saturated heterocycles. The van der Waals surface area contributed by atoms with Gasteiger partial charge in [-0.3, -0.25) is 14.9 Å².